The topological polar surface area (TPSA) is 46.5 Å². The van der Waals surface area contributed by atoms with E-state index in [-0.39, 0.29) is 5.92 Å². The standard InChI is InChI=1S/C11H14O3/c1-3-4-5-6-9-7-8(2)10(14-9)11(12)13/h3-8,10H,1-2H3,(H,12,13). The van der Waals surface area contributed by atoms with Gasteiger partial charge in [-0.3, -0.25) is 0 Å². The van der Waals surface area contributed by atoms with Crippen LogP contribution in [0.1, 0.15) is 13.8 Å². The fraction of sp³-hybridized carbons (Fsp3) is 0.364. The summed E-state index contributed by atoms with van der Waals surface area (Å²) in [4.78, 5) is 10.7. The second-order valence-corrected chi connectivity index (χ2v) is 3.19. The van der Waals surface area contributed by atoms with Gasteiger partial charge in [0.15, 0.2) is 0 Å². The Bertz CT molecular complexity index is 300. The molecular formula is C11H14O3. The summed E-state index contributed by atoms with van der Waals surface area (Å²) in [7, 11) is 0. The molecule has 0 saturated heterocycles. The highest BCUT2D eigenvalue weighted by Gasteiger charge is 2.30. The molecule has 2 atom stereocenters. The van der Waals surface area contributed by atoms with E-state index in [0.717, 1.165) is 0 Å². The van der Waals surface area contributed by atoms with Crippen LogP contribution in [0.25, 0.3) is 0 Å². The number of hydrogen-bond donors (Lipinski definition) is 1. The third-order valence-corrected chi connectivity index (χ3v) is 1.98. The van der Waals surface area contributed by atoms with Crippen LogP contribution in [-0.2, 0) is 9.53 Å². The number of hydrogen-bond acceptors (Lipinski definition) is 2. The first-order valence-electron chi connectivity index (χ1n) is 4.55. The van der Waals surface area contributed by atoms with E-state index in [9.17, 15) is 4.79 Å². The van der Waals surface area contributed by atoms with Crippen LogP contribution in [0, 0.1) is 5.92 Å². The predicted molar refractivity (Wildman–Crippen MR) is 53.7 cm³/mol. The molecule has 0 spiro atoms. The molecule has 0 saturated carbocycles. The summed E-state index contributed by atoms with van der Waals surface area (Å²) in [5, 5.41) is 8.78. The summed E-state index contributed by atoms with van der Waals surface area (Å²) >= 11 is 0. The Labute approximate surface area is 83.4 Å². The Morgan fingerprint density at radius 2 is 2.29 bits per heavy atom. The van der Waals surface area contributed by atoms with Crippen LogP contribution >= 0.6 is 0 Å². The van der Waals surface area contributed by atoms with Crippen molar-refractivity contribution in [1.82, 2.24) is 0 Å². The van der Waals surface area contributed by atoms with Crippen molar-refractivity contribution in [3.63, 3.8) is 0 Å². The summed E-state index contributed by atoms with van der Waals surface area (Å²) < 4.78 is 5.22. The van der Waals surface area contributed by atoms with Crippen molar-refractivity contribution < 1.29 is 14.6 Å². The molecular weight excluding hydrogens is 180 g/mol. The Morgan fingerprint density at radius 1 is 1.57 bits per heavy atom. The van der Waals surface area contributed by atoms with Crippen LogP contribution in [0.15, 0.2) is 36.1 Å². The first kappa shape index (κ1) is 10.6. The fourth-order valence-corrected chi connectivity index (χ4v) is 1.27. The molecule has 1 aliphatic heterocycles. The first-order chi connectivity index (χ1) is 6.65. The van der Waals surface area contributed by atoms with Gasteiger partial charge in [0.05, 0.1) is 0 Å². The smallest absolute Gasteiger partial charge is 0.345 e. The lowest BCUT2D eigenvalue weighted by Crippen LogP contribution is -2.24. The Morgan fingerprint density at radius 3 is 2.79 bits per heavy atom. The third-order valence-electron chi connectivity index (χ3n) is 1.98. The molecule has 0 aromatic heterocycles. The van der Waals surface area contributed by atoms with Gasteiger partial charge in [0.2, 0.25) is 6.10 Å². The lowest BCUT2D eigenvalue weighted by molar-refractivity contribution is -0.148. The maximum atomic E-state index is 10.7. The molecule has 1 heterocycles. The summed E-state index contributed by atoms with van der Waals surface area (Å²) in [6, 6.07) is 0. The van der Waals surface area contributed by atoms with E-state index in [4.69, 9.17) is 9.84 Å². The number of allylic oxidation sites excluding steroid dienone is 4. The number of ether oxygens (including phenoxy) is 1. The third kappa shape index (κ3) is 2.49. The zero-order chi connectivity index (χ0) is 10.6. The fourth-order valence-electron chi connectivity index (χ4n) is 1.27. The van der Waals surface area contributed by atoms with Gasteiger partial charge in [-0.25, -0.2) is 4.79 Å². The molecule has 0 aromatic carbocycles. The van der Waals surface area contributed by atoms with Crippen molar-refractivity contribution in [2.45, 2.75) is 20.0 Å². The molecule has 2 unspecified atom stereocenters. The van der Waals surface area contributed by atoms with E-state index >= 15 is 0 Å². The van der Waals surface area contributed by atoms with Crippen molar-refractivity contribution in [3.8, 4) is 0 Å². The minimum absolute atomic E-state index is 0.0715. The number of rotatable bonds is 3. The quantitative estimate of drug-likeness (QED) is 0.700. The van der Waals surface area contributed by atoms with Gasteiger partial charge < -0.3 is 9.84 Å². The van der Waals surface area contributed by atoms with E-state index < -0.39 is 12.1 Å². The largest absolute Gasteiger partial charge is 0.478 e. The van der Waals surface area contributed by atoms with Crippen molar-refractivity contribution in [2.75, 3.05) is 0 Å². The van der Waals surface area contributed by atoms with E-state index in [2.05, 4.69) is 0 Å². The van der Waals surface area contributed by atoms with Crippen LogP contribution in [0.3, 0.4) is 0 Å². The molecule has 1 rings (SSSR count). The van der Waals surface area contributed by atoms with Gasteiger partial charge >= 0.3 is 5.97 Å². The highest BCUT2D eigenvalue weighted by atomic mass is 16.5. The average molecular weight is 194 g/mol. The highest BCUT2D eigenvalue weighted by Crippen LogP contribution is 2.23. The Kier molecular flexibility index (Phi) is 3.51. The van der Waals surface area contributed by atoms with E-state index in [1.807, 2.05) is 38.2 Å². The lowest BCUT2D eigenvalue weighted by atomic mass is 10.1. The van der Waals surface area contributed by atoms with Gasteiger partial charge in [-0.05, 0) is 19.1 Å². The molecule has 0 bridgehead atoms. The number of carbonyl (C=O) groups is 1. The van der Waals surface area contributed by atoms with Crippen molar-refractivity contribution in [3.05, 3.63) is 36.1 Å². The number of aliphatic carboxylic acids is 1. The zero-order valence-electron chi connectivity index (χ0n) is 8.31. The molecule has 0 aliphatic carbocycles. The van der Waals surface area contributed by atoms with Gasteiger partial charge in [-0.1, -0.05) is 25.2 Å². The van der Waals surface area contributed by atoms with Crippen LogP contribution in [0.5, 0.6) is 0 Å². The number of carboxylic acids is 1. The minimum Gasteiger partial charge on any atom is -0.478 e. The van der Waals surface area contributed by atoms with Crippen molar-refractivity contribution >= 4 is 5.97 Å². The van der Waals surface area contributed by atoms with Crippen LogP contribution < -0.4 is 0 Å². The van der Waals surface area contributed by atoms with E-state index in [0.29, 0.717) is 5.76 Å². The molecule has 14 heavy (non-hydrogen) atoms. The van der Waals surface area contributed by atoms with Crippen LogP contribution in [0.4, 0.5) is 0 Å². The molecule has 3 nitrogen and oxygen atoms in total. The van der Waals surface area contributed by atoms with Crippen molar-refractivity contribution in [2.24, 2.45) is 5.92 Å². The SMILES string of the molecule is CC=CC=CC1=CC(C)C(C(=O)O)O1. The second kappa shape index (κ2) is 4.65. The summed E-state index contributed by atoms with van der Waals surface area (Å²) in [6.07, 6.45) is 8.42. The Balaban J connectivity index is 2.60. The summed E-state index contributed by atoms with van der Waals surface area (Å²) in [5.74, 6) is -0.357. The van der Waals surface area contributed by atoms with Gasteiger partial charge in [-0.2, -0.15) is 0 Å². The van der Waals surface area contributed by atoms with Crippen molar-refractivity contribution in [1.29, 1.82) is 0 Å². The predicted octanol–water partition coefficient (Wildman–Crippen LogP) is 2.12. The molecule has 0 fully saturated rings. The van der Waals surface area contributed by atoms with Gasteiger partial charge in [0.25, 0.3) is 0 Å². The molecule has 0 amide bonds. The summed E-state index contributed by atoms with van der Waals surface area (Å²) in [6.45, 7) is 3.74. The molecule has 0 radical (unpaired) electrons. The monoisotopic (exact) mass is 194 g/mol. The second-order valence-electron chi connectivity index (χ2n) is 3.19. The van der Waals surface area contributed by atoms with E-state index in [1.54, 1.807) is 6.08 Å². The van der Waals surface area contributed by atoms with E-state index in [1.165, 1.54) is 0 Å². The van der Waals surface area contributed by atoms with Gasteiger partial charge in [0, 0.05) is 5.92 Å². The normalized spacial score (nSPS) is 26.9. The van der Waals surface area contributed by atoms with Crippen LogP contribution in [0.2, 0.25) is 0 Å². The molecule has 3 heteroatoms. The molecule has 1 aliphatic rings. The maximum absolute atomic E-state index is 10.7. The minimum atomic E-state index is -0.914. The first-order valence-corrected chi connectivity index (χ1v) is 4.55. The highest BCUT2D eigenvalue weighted by molar-refractivity contribution is 5.74. The average Bonchev–Trinajstić information content (AvgIpc) is 2.47. The lowest BCUT2D eigenvalue weighted by Gasteiger charge is -2.09. The van der Waals surface area contributed by atoms with Gasteiger partial charge in [-0.15, -0.1) is 0 Å². The Hall–Kier alpha value is -1.51. The molecule has 76 valence electrons. The zero-order valence-corrected chi connectivity index (χ0v) is 8.31. The number of carboxylic acid groups (broad SMARTS) is 1. The van der Waals surface area contributed by atoms with Crippen LogP contribution in [-0.4, -0.2) is 17.2 Å². The maximum Gasteiger partial charge on any atom is 0.345 e. The van der Waals surface area contributed by atoms with Gasteiger partial charge in [0.1, 0.15) is 5.76 Å². The molecule has 0 aromatic rings. The molecule has 1 N–H and O–H groups in total. The summed E-state index contributed by atoms with van der Waals surface area (Å²) in [5.41, 5.74) is 0.